The molecule has 2 atom stereocenters. The second kappa shape index (κ2) is 4.98. The molecule has 1 saturated heterocycles. The molecule has 2 rings (SSSR count). The molecule has 0 N–H and O–H groups in total. The summed E-state index contributed by atoms with van der Waals surface area (Å²) in [5.41, 5.74) is 1.07. The zero-order valence-electron chi connectivity index (χ0n) is 10.1. The van der Waals surface area contributed by atoms with E-state index >= 15 is 0 Å². The van der Waals surface area contributed by atoms with Crippen LogP contribution in [0.4, 0.5) is 0 Å². The van der Waals surface area contributed by atoms with Crippen LogP contribution in [0, 0.1) is 0 Å². The molecule has 2 nitrogen and oxygen atoms in total. The molecule has 0 amide bonds. The largest absolute Gasteiger partial charge is 0.352 e. The van der Waals surface area contributed by atoms with Crippen molar-refractivity contribution in [1.29, 1.82) is 0 Å². The maximum absolute atomic E-state index is 6.08. The summed E-state index contributed by atoms with van der Waals surface area (Å²) < 4.78 is 11.7. The van der Waals surface area contributed by atoms with Gasteiger partial charge in [0.15, 0.2) is 6.29 Å². The lowest BCUT2D eigenvalue weighted by Crippen LogP contribution is -2.39. The van der Waals surface area contributed by atoms with E-state index in [0.717, 1.165) is 25.9 Å². The molecular formula is C14H20O2. The van der Waals surface area contributed by atoms with Crippen LogP contribution in [0.15, 0.2) is 30.3 Å². The Morgan fingerprint density at radius 2 is 2.06 bits per heavy atom. The molecular weight excluding hydrogens is 200 g/mol. The molecule has 0 aliphatic carbocycles. The van der Waals surface area contributed by atoms with Gasteiger partial charge >= 0.3 is 0 Å². The van der Waals surface area contributed by atoms with E-state index in [-0.39, 0.29) is 11.9 Å². The number of ether oxygens (including phenoxy) is 2. The monoisotopic (exact) mass is 220 g/mol. The van der Waals surface area contributed by atoms with Gasteiger partial charge in [0.1, 0.15) is 0 Å². The topological polar surface area (TPSA) is 18.5 Å². The Hall–Kier alpha value is -0.860. The van der Waals surface area contributed by atoms with Gasteiger partial charge < -0.3 is 9.47 Å². The Labute approximate surface area is 97.6 Å². The average Bonchev–Trinajstić information content (AvgIpc) is 2.31. The third-order valence-corrected chi connectivity index (χ3v) is 3.18. The fourth-order valence-electron chi connectivity index (χ4n) is 2.15. The predicted molar refractivity (Wildman–Crippen MR) is 64.1 cm³/mol. The number of hydrogen-bond acceptors (Lipinski definition) is 2. The number of rotatable bonds is 3. The molecule has 1 heterocycles. The predicted octanol–water partition coefficient (Wildman–Crippen LogP) is 3.46. The molecule has 1 aliphatic rings. The lowest BCUT2D eigenvalue weighted by atomic mass is 9.92. The summed E-state index contributed by atoms with van der Waals surface area (Å²) in [7, 11) is 0. The van der Waals surface area contributed by atoms with E-state index in [1.54, 1.807) is 0 Å². The van der Waals surface area contributed by atoms with Crippen molar-refractivity contribution < 1.29 is 9.47 Å². The zero-order chi connectivity index (χ0) is 11.4. The van der Waals surface area contributed by atoms with Gasteiger partial charge in [-0.05, 0) is 18.9 Å². The van der Waals surface area contributed by atoms with E-state index < -0.39 is 0 Å². The highest BCUT2D eigenvalue weighted by atomic mass is 16.7. The van der Waals surface area contributed by atoms with Gasteiger partial charge in [-0.15, -0.1) is 0 Å². The van der Waals surface area contributed by atoms with Crippen LogP contribution in [0.25, 0.3) is 0 Å². The molecule has 0 spiro atoms. The van der Waals surface area contributed by atoms with Crippen LogP contribution in [-0.4, -0.2) is 12.9 Å². The van der Waals surface area contributed by atoms with Gasteiger partial charge in [-0.25, -0.2) is 0 Å². The molecule has 1 aromatic carbocycles. The summed E-state index contributed by atoms with van der Waals surface area (Å²) in [6.45, 7) is 5.10. The first-order valence-corrected chi connectivity index (χ1v) is 6.09. The Kier molecular flexibility index (Phi) is 3.62. The van der Waals surface area contributed by atoms with Crippen molar-refractivity contribution in [3.63, 3.8) is 0 Å². The highest BCUT2D eigenvalue weighted by Gasteiger charge is 2.34. The first-order chi connectivity index (χ1) is 7.74. The van der Waals surface area contributed by atoms with Crippen molar-refractivity contribution in [2.24, 2.45) is 0 Å². The van der Waals surface area contributed by atoms with Crippen molar-refractivity contribution in [1.82, 2.24) is 0 Å². The van der Waals surface area contributed by atoms with Crippen LogP contribution in [-0.2, 0) is 15.1 Å². The van der Waals surface area contributed by atoms with E-state index in [1.165, 1.54) is 5.56 Å². The Morgan fingerprint density at radius 1 is 1.31 bits per heavy atom. The fraction of sp³-hybridized carbons (Fsp3) is 0.571. The molecule has 2 unspecified atom stereocenters. The molecule has 16 heavy (non-hydrogen) atoms. The van der Waals surface area contributed by atoms with Crippen molar-refractivity contribution in [2.75, 3.05) is 6.61 Å². The van der Waals surface area contributed by atoms with E-state index in [1.807, 2.05) is 6.07 Å². The summed E-state index contributed by atoms with van der Waals surface area (Å²) in [6.07, 6.45) is 2.96. The minimum Gasteiger partial charge on any atom is -0.352 e. The molecule has 1 aromatic rings. The third kappa shape index (κ3) is 2.45. The van der Waals surface area contributed by atoms with Crippen LogP contribution in [0.3, 0.4) is 0 Å². The summed E-state index contributed by atoms with van der Waals surface area (Å²) >= 11 is 0. The molecule has 1 fully saturated rings. The van der Waals surface area contributed by atoms with E-state index in [2.05, 4.69) is 38.1 Å². The van der Waals surface area contributed by atoms with Gasteiger partial charge in [0.25, 0.3) is 0 Å². The van der Waals surface area contributed by atoms with E-state index in [0.29, 0.717) is 0 Å². The summed E-state index contributed by atoms with van der Waals surface area (Å²) in [4.78, 5) is 0. The maximum atomic E-state index is 6.08. The van der Waals surface area contributed by atoms with Gasteiger partial charge in [0.05, 0.1) is 12.2 Å². The van der Waals surface area contributed by atoms with Crippen molar-refractivity contribution in [3.8, 4) is 0 Å². The smallest absolute Gasteiger partial charge is 0.158 e. The van der Waals surface area contributed by atoms with Crippen LogP contribution < -0.4 is 0 Å². The maximum Gasteiger partial charge on any atom is 0.158 e. The van der Waals surface area contributed by atoms with Gasteiger partial charge in [0.2, 0.25) is 0 Å². The second-order valence-corrected chi connectivity index (χ2v) is 4.55. The highest BCUT2D eigenvalue weighted by Crippen LogP contribution is 2.34. The Balaban J connectivity index is 2.12. The van der Waals surface area contributed by atoms with Crippen LogP contribution in [0.2, 0.25) is 0 Å². The molecule has 2 heteroatoms. The molecule has 0 aromatic heterocycles. The summed E-state index contributed by atoms with van der Waals surface area (Å²) in [5, 5.41) is 0. The first kappa shape index (κ1) is 11.6. The Bertz CT molecular complexity index is 321. The van der Waals surface area contributed by atoms with Crippen molar-refractivity contribution in [3.05, 3.63) is 35.9 Å². The van der Waals surface area contributed by atoms with Crippen molar-refractivity contribution in [2.45, 2.75) is 45.0 Å². The minimum atomic E-state index is -0.181. The van der Waals surface area contributed by atoms with Gasteiger partial charge in [-0.1, -0.05) is 43.7 Å². The molecule has 88 valence electrons. The van der Waals surface area contributed by atoms with Gasteiger partial charge in [0, 0.05) is 6.42 Å². The number of hydrogen-bond donors (Lipinski definition) is 0. The first-order valence-electron chi connectivity index (χ1n) is 6.09. The molecule has 0 bridgehead atoms. The average molecular weight is 220 g/mol. The van der Waals surface area contributed by atoms with Crippen LogP contribution in [0.5, 0.6) is 0 Å². The molecule has 0 radical (unpaired) electrons. The Morgan fingerprint density at radius 3 is 2.75 bits per heavy atom. The highest BCUT2D eigenvalue weighted by molar-refractivity contribution is 5.22. The standard InChI is InChI=1S/C14H20O2/c1-3-7-13-15-11-10-14(2,16-13)12-8-5-4-6-9-12/h4-6,8-9,13H,3,7,10-11H2,1-2H3. The lowest BCUT2D eigenvalue weighted by molar-refractivity contribution is -0.257. The lowest BCUT2D eigenvalue weighted by Gasteiger charge is -2.39. The quantitative estimate of drug-likeness (QED) is 0.776. The zero-order valence-corrected chi connectivity index (χ0v) is 10.1. The van der Waals surface area contributed by atoms with Gasteiger partial charge in [-0.2, -0.15) is 0 Å². The number of benzene rings is 1. The third-order valence-electron chi connectivity index (χ3n) is 3.18. The van der Waals surface area contributed by atoms with Crippen LogP contribution >= 0.6 is 0 Å². The minimum absolute atomic E-state index is 0.0380. The van der Waals surface area contributed by atoms with E-state index in [9.17, 15) is 0 Å². The SMILES string of the molecule is CCCC1OCCC(C)(c2ccccc2)O1. The van der Waals surface area contributed by atoms with Crippen molar-refractivity contribution >= 4 is 0 Å². The normalized spacial score (nSPS) is 30.2. The molecule has 0 saturated carbocycles. The molecule has 1 aliphatic heterocycles. The van der Waals surface area contributed by atoms with Gasteiger partial charge in [-0.3, -0.25) is 0 Å². The summed E-state index contributed by atoms with van der Waals surface area (Å²) in [5.74, 6) is 0. The second-order valence-electron chi connectivity index (χ2n) is 4.55. The summed E-state index contributed by atoms with van der Waals surface area (Å²) in [6, 6.07) is 10.4. The van der Waals surface area contributed by atoms with Crippen LogP contribution in [0.1, 0.15) is 38.7 Å². The van der Waals surface area contributed by atoms with E-state index in [4.69, 9.17) is 9.47 Å². The fourth-order valence-corrected chi connectivity index (χ4v) is 2.15.